The van der Waals surface area contributed by atoms with Crippen molar-refractivity contribution in [1.29, 1.82) is 0 Å². The third kappa shape index (κ3) is 3.19. The molecule has 25 heavy (non-hydrogen) atoms. The van der Waals surface area contributed by atoms with Gasteiger partial charge in [-0.3, -0.25) is 9.78 Å². The van der Waals surface area contributed by atoms with Gasteiger partial charge in [0.05, 0.1) is 0 Å². The summed E-state index contributed by atoms with van der Waals surface area (Å²) in [6.45, 7) is 0.526. The lowest BCUT2D eigenvalue weighted by Crippen LogP contribution is -2.29. The number of carbonyl (C=O) groups excluding carboxylic acids is 1. The first kappa shape index (κ1) is 15.6. The summed E-state index contributed by atoms with van der Waals surface area (Å²) in [5, 5.41) is 6.29. The summed E-state index contributed by atoms with van der Waals surface area (Å²) < 4.78 is 0. The molecule has 4 nitrogen and oxygen atoms in total. The molecular formula is C20H17N3OS. The number of hydrogen-bond donors (Lipinski definition) is 2. The molecule has 1 amide bonds. The number of pyridine rings is 1. The van der Waals surface area contributed by atoms with Crippen molar-refractivity contribution in [3.8, 4) is 0 Å². The Morgan fingerprint density at radius 3 is 2.80 bits per heavy atom. The summed E-state index contributed by atoms with van der Waals surface area (Å²) in [5.74, 6) is -0.0502. The average Bonchev–Trinajstić information content (AvgIpc) is 3.33. The van der Waals surface area contributed by atoms with Crippen molar-refractivity contribution in [3.63, 3.8) is 0 Å². The Bertz CT molecular complexity index is 977. The Morgan fingerprint density at radius 1 is 1.12 bits per heavy atom. The fraction of sp³-hybridized carbons (Fsp3) is 0.100. The summed E-state index contributed by atoms with van der Waals surface area (Å²) in [6, 6.07) is 17.7. The first-order valence-corrected chi connectivity index (χ1v) is 8.99. The lowest BCUT2D eigenvalue weighted by Gasteiger charge is -2.16. The van der Waals surface area contributed by atoms with Crippen LogP contribution in [0.25, 0.3) is 10.9 Å². The van der Waals surface area contributed by atoms with E-state index in [1.807, 2.05) is 30.5 Å². The minimum atomic E-state index is -0.151. The summed E-state index contributed by atoms with van der Waals surface area (Å²) in [7, 11) is 0. The second-order valence-electron chi connectivity index (χ2n) is 5.78. The molecule has 4 aromatic rings. The summed E-state index contributed by atoms with van der Waals surface area (Å²) in [5.41, 5.74) is 2.74. The zero-order valence-corrected chi connectivity index (χ0v) is 14.3. The predicted molar refractivity (Wildman–Crippen MR) is 101 cm³/mol. The van der Waals surface area contributed by atoms with Crippen LogP contribution in [0.5, 0.6) is 0 Å². The molecule has 4 rings (SSSR count). The maximum Gasteiger partial charge on any atom is 0.269 e. The van der Waals surface area contributed by atoms with E-state index in [9.17, 15) is 4.79 Å². The highest BCUT2D eigenvalue weighted by molar-refractivity contribution is 7.10. The number of nitrogens with zero attached hydrogens (tertiary/aromatic N) is 1. The average molecular weight is 347 g/mol. The molecule has 0 aliphatic heterocycles. The Balaban J connectivity index is 1.63. The summed E-state index contributed by atoms with van der Waals surface area (Å²) >= 11 is 1.70. The van der Waals surface area contributed by atoms with Crippen molar-refractivity contribution < 1.29 is 4.79 Å². The van der Waals surface area contributed by atoms with Gasteiger partial charge in [0.25, 0.3) is 5.91 Å². The number of rotatable bonds is 5. The van der Waals surface area contributed by atoms with E-state index in [2.05, 4.69) is 38.9 Å². The Labute approximate surface area is 149 Å². The zero-order valence-electron chi connectivity index (χ0n) is 13.5. The second kappa shape index (κ2) is 6.91. The van der Waals surface area contributed by atoms with E-state index in [4.69, 9.17) is 0 Å². The van der Waals surface area contributed by atoms with Crippen molar-refractivity contribution in [2.24, 2.45) is 0 Å². The van der Waals surface area contributed by atoms with Crippen LogP contribution in [0.15, 0.2) is 72.4 Å². The number of benzene rings is 1. The fourth-order valence-corrected chi connectivity index (χ4v) is 3.86. The number of fused-ring (bicyclic) bond motifs is 1. The van der Waals surface area contributed by atoms with Crippen LogP contribution in [-0.4, -0.2) is 22.4 Å². The number of para-hydroxylation sites is 1. The van der Waals surface area contributed by atoms with E-state index in [1.165, 1.54) is 15.8 Å². The minimum absolute atomic E-state index is 0.101. The molecule has 0 saturated carbocycles. The highest BCUT2D eigenvalue weighted by Gasteiger charge is 2.20. The van der Waals surface area contributed by atoms with E-state index in [0.717, 1.165) is 5.52 Å². The molecule has 1 unspecified atom stereocenters. The number of thiophene rings is 1. The molecule has 3 heterocycles. The topological polar surface area (TPSA) is 57.8 Å². The molecule has 124 valence electrons. The normalized spacial score (nSPS) is 12.2. The van der Waals surface area contributed by atoms with Crippen LogP contribution in [0.4, 0.5) is 0 Å². The molecule has 0 aliphatic rings. The SMILES string of the molecule is O=C(NCC(c1cccs1)c1c[nH]c2ccccc12)c1ccccn1. The van der Waals surface area contributed by atoms with Gasteiger partial charge in [0, 0.05) is 40.6 Å². The standard InChI is InChI=1S/C20H17N3OS/c24-20(18-8-3-4-10-21-18)23-13-16(19-9-5-11-25-19)15-12-22-17-7-2-1-6-14(15)17/h1-12,16,22H,13H2,(H,23,24). The zero-order chi connectivity index (χ0) is 17.1. The minimum Gasteiger partial charge on any atom is -0.361 e. The number of hydrogen-bond acceptors (Lipinski definition) is 3. The second-order valence-corrected chi connectivity index (χ2v) is 6.76. The van der Waals surface area contributed by atoms with E-state index in [1.54, 1.807) is 29.7 Å². The van der Waals surface area contributed by atoms with Crippen molar-refractivity contribution >= 4 is 28.1 Å². The summed E-state index contributed by atoms with van der Waals surface area (Å²) in [6.07, 6.45) is 3.67. The van der Waals surface area contributed by atoms with Gasteiger partial charge in [0.15, 0.2) is 0 Å². The maximum atomic E-state index is 12.4. The van der Waals surface area contributed by atoms with Gasteiger partial charge >= 0.3 is 0 Å². The lowest BCUT2D eigenvalue weighted by atomic mass is 9.96. The molecule has 0 aliphatic carbocycles. The quantitative estimate of drug-likeness (QED) is 0.569. The highest BCUT2D eigenvalue weighted by atomic mass is 32.1. The Hall–Kier alpha value is -2.92. The largest absolute Gasteiger partial charge is 0.361 e. The molecule has 0 radical (unpaired) electrons. The van der Waals surface area contributed by atoms with Gasteiger partial charge < -0.3 is 10.3 Å². The Morgan fingerprint density at radius 2 is 2.00 bits per heavy atom. The monoisotopic (exact) mass is 347 g/mol. The van der Waals surface area contributed by atoms with Crippen molar-refractivity contribution in [1.82, 2.24) is 15.3 Å². The van der Waals surface area contributed by atoms with Crippen LogP contribution < -0.4 is 5.32 Å². The predicted octanol–water partition coefficient (Wildman–Crippen LogP) is 4.19. The molecule has 0 fully saturated rings. The van der Waals surface area contributed by atoms with Crippen LogP contribution in [-0.2, 0) is 0 Å². The number of amides is 1. The number of nitrogens with one attached hydrogen (secondary N) is 2. The molecule has 0 bridgehead atoms. The van der Waals surface area contributed by atoms with E-state index in [0.29, 0.717) is 12.2 Å². The van der Waals surface area contributed by atoms with E-state index >= 15 is 0 Å². The number of aromatic nitrogens is 2. The van der Waals surface area contributed by atoms with Crippen molar-refractivity contribution in [2.45, 2.75) is 5.92 Å². The van der Waals surface area contributed by atoms with Gasteiger partial charge in [0.2, 0.25) is 0 Å². The molecule has 1 atom stereocenters. The van der Waals surface area contributed by atoms with Gasteiger partial charge in [-0.15, -0.1) is 11.3 Å². The third-order valence-corrected chi connectivity index (χ3v) is 5.23. The molecular weight excluding hydrogens is 330 g/mol. The van der Waals surface area contributed by atoms with Gasteiger partial charge in [-0.2, -0.15) is 0 Å². The van der Waals surface area contributed by atoms with Crippen molar-refractivity contribution in [3.05, 3.63) is 88.5 Å². The number of aromatic amines is 1. The fourth-order valence-electron chi connectivity index (χ4n) is 3.02. The van der Waals surface area contributed by atoms with Crippen LogP contribution in [0.3, 0.4) is 0 Å². The molecule has 1 aromatic carbocycles. The van der Waals surface area contributed by atoms with Crippen molar-refractivity contribution in [2.75, 3.05) is 6.54 Å². The molecule has 0 saturated heterocycles. The van der Waals surface area contributed by atoms with Crippen LogP contribution in [0.1, 0.15) is 26.8 Å². The molecule has 2 N–H and O–H groups in total. The van der Waals surface area contributed by atoms with E-state index < -0.39 is 0 Å². The summed E-state index contributed by atoms with van der Waals surface area (Å²) in [4.78, 5) is 21.0. The first-order valence-electron chi connectivity index (χ1n) is 8.11. The van der Waals surface area contributed by atoms with Crippen LogP contribution in [0.2, 0.25) is 0 Å². The first-order chi connectivity index (χ1) is 12.3. The number of H-pyrrole nitrogens is 1. The lowest BCUT2D eigenvalue weighted by molar-refractivity contribution is 0.0947. The van der Waals surface area contributed by atoms with Crippen LogP contribution in [0, 0.1) is 0 Å². The smallest absolute Gasteiger partial charge is 0.269 e. The van der Waals surface area contributed by atoms with Gasteiger partial charge in [-0.25, -0.2) is 0 Å². The highest BCUT2D eigenvalue weighted by Crippen LogP contribution is 2.32. The van der Waals surface area contributed by atoms with Crippen LogP contribution >= 0.6 is 11.3 Å². The van der Waals surface area contributed by atoms with Gasteiger partial charge in [-0.05, 0) is 35.2 Å². The molecule has 0 spiro atoms. The third-order valence-electron chi connectivity index (χ3n) is 4.25. The molecule has 3 aromatic heterocycles. The van der Waals surface area contributed by atoms with E-state index in [-0.39, 0.29) is 11.8 Å². The van der Waals surface area contributed by atoms with Gasteiger partial charge in [0.1, 0.15) is 5.69 Å². The maximum absolute atomic E-state index is 12.4. The Kier molecular flexibility index (Phi) is 4.31. The molecule has 5 heteroatoms. The number of carbonyl (C=O) groups is 1. The van der Waals surface area contributed by atoms with Gasteiger partial charge in [-0.1, -0.05) is 30.3 Å².